The number of nitrogens with one attached hydrogen (secondary N) is 2. The van der Waals surface area contributed by atoms with Gasteiger partial charge in [-0.3, -0.25) is 4.79 Å². The molecule has 0 unspecified atom stereocenters. The van der Waals surface area contributed by atoms with Gasteiger partial charge in [0.05, 0.1) is 17.6 Å². The summed E-state index contributed by atoms with van der Waals surface area (Å²) in [6.45, 7) is 0.391. The maximum absolute atomic E-state index is 12.3. The van der Waals surface area contributed by atoms with Crippen LogP contribution in [0.15, 0.2) is 53.3 Å². The van der Waals surface area contributed by atoms with E-state index in [2.05, 4.69) is 21.2 Å². The van der Waals surface area contributed by atoms with Crippen molar-refractivity contribution in [3.05, 3.63) is 58.9 Å². The Hall–Kier alpha value is -3.06. The highest BCUT2D eigenvalue weighted by Gasteiger charge is 2.11. The molecule has 0 aliphatic heterocycles. The van der Waals surface area contributed by atoms with Gasteiger partial charge in [-0.1, -0.05) is 36.3 Å². The van der Waals surface area contributed by atoms with Crippen LogP contribution in [0.3, 0.4) is 0 Å². The Morgan fingerprint density at radius 1 is 1.14 bits per heavy atom. The van der Waals surface area contributed by atoms with E-state index in [1.54, 1.807) is 0 Å². The Labute approximate surface area is 121 Å². The van der Waals surface area contributed by atoms with E-state index < -0.39 is 0 Å². The lowest BCUT2D eigenvalue weighted by molar-refractivity contribution is 1.22. The number of benzene rings is 2. The molecule has 0 saturated heterocycles. The third kappa shape index (κ3) is 2.49. The van der Waals surface area contributed by atoms with Crippen LogP contribution in [-0.4, -0.2) is 16.5 Å². The predicted molar refractivity (Wildman–Crippen MR) is 85.1 cm³/mol. The van der Waals surface area contributed by atoms with Gasteiger partial charge in [0.2, 0.25) is 0 Å². The molecule has 0 radical (unpaired) electrons. The minimum Gasteiger partial charge on any atom is -0.374 e. The van der Waals surface area contributed by atoms with E-state index in [0.717, 1.165) is 22.3 Å². The summed E-state index contributed by atoms with van der Waals surface area (Å²) in [5, 5.41) is 3.11. The molecule has 3 aromatic rings. The smallest absolute Gasteiger partial charge is 0.275 e. The molecule has 1 aromatic heterocycles. The third-order valence-electron chi connectivity index (χ3n) is 3.16. The van der Waals surface area contributed by atoms with Crippen molar-refractivity contribution < 1.29 is 0 Å². The molecule has 2 N–H and O–H groups in total. The van der Waals surface area contributed by atoms with Crippen LogP contribution >= 0.6 is 0 Å². The Balaban J connectivity index is 2.19. The molecule has 0 aliphatic rings. The molecule has 102 valence electrons. The quantitative estimate of drug-likeness (QED) is 0.722. The molecular formula is C17H13N3O. The van der Waals surface area contributed by atoms with Crippen LogP contribution in [0.25, 0.3) is 22.3 Å². The number of hydrogen-bond donors (Lipinski definition) is 2. The first kappa shape index (κ1) is 12.9. The van der Waals surface area contributed by atoms with Crippen molar-refractivity contribution in [1.82, 2.24) is 9.97 Å². The second kappa shape index (κ2) is 5.51. The molecule has 0 fully saturated rings. The van der Waals surface area contributed by atoms with Crippen LogP contribution in [-0.2, 0) is 0 Å². The van der Waals surface area contributed by atoms with Gasteiger partial charge in [-0.05, 0) is 18.2 Å². The molecule has 0 bridgehead atoms. The molecule has 0 amide bonds. The van der Waals surface area contributed by atoms with E-state index in [-0.39, 0.29) is 5.56 Å². The number of terminal acetylenes is 1. The number of aromatic nitrogens is 2. The van der Waals surface area contributed by atoms with Crippen LogP contribution in [0.2, 0.25) is 0 Å². The van der Waals surface area contributed by atoms with Crippen molar-refractivity contribution in [3.8, 4) is 23.6 Å². The number of hydrogen-bond acceptors (Lipinski definition) is 3. The molecule has 1 heterocycles. The van der Waals surface area contributed by atoms with Crippen LogP contribution in [0.4, 0.5) is 5.69 Å². The fourth-order valence-electron chi connectivity index (χ4n) is 2.20. The Bertz CT molecular complexity index is 890. The first-order valence-corrected chi connectivity index (χ1v) is 6.55. The van der Waals surface area contributed by atoms with Gasteiger partial charge < -0.3 is 10.3 Å². The predicted octanol–water partition coefficient (Wildman–Crippen LogP) is 2.64. The fourth-order valence-corrected chi connectivity index (χ4v) is 2.20. The standard InChI is InChI=1S/C17H13N3O/c1-2-11-18-13-8-4-3-7-12(13)16-17(21)20-15-10-6-5-9-14(15)19-16/h1,3-10,18H,11H2,(H,20,21). The minimum atomic E-state index is -0.219. The van der Waals surface area contributed by atoms with E-state index in [1.807, 2.05) is 48.5 Å². The van der Waals surface area contributed by atoms with Crippen molar-refractivity contribution in [2.24, 2.45) is 0 Å². The van der Waals surface area contributed by atoms with Gasteiger partial charge in [-0.2, -0.15) is 0 Å². The zero-order chi connectivity index (χ0) is 14.7. The van der Waals surface area contributed by atoms with Gasteiger partial charge in [0.25, 0.3) is 5.56 Å². The summed E-state index contributed by atoms with van der Waals surface area (Å²) >= 11 is 0. The number of nitrogens with zero attached hydrogens (tertiary/aromatic N) is 1. The Kier molecular flexibility index (Phi) is 3.40. The van der Waals surface area contributed by atoms with Crippen molar-refractivity contribution in [2.45, 2.75) is 0 Å². The first-order valence-electron chi connectivity index (χ1n) is 6.55. The number of aromatic amines is 1. The molecule has 2 aromatic carbocycles. The summed E-state index contributed by atoms with van der Waals surface area (Å²) < 4.78 is 0. The van der Waals surface area contributed by atoms with Gasteiger partial charge in [-0.25, -0.2) is 4.98 Å². The van der Waals surface area contributed by atoms with Gasteiger partial charge in [0.1, 0.15) is 5.69 Å². The zero-order valence-electron chi connectivity index (χ0n) is 11.3. The van der Waals surface area contributed by atoms with E-state index in [4.69, 9.17) is 6.42 Å². The highest BCUT2D eigenvalue weighted by molar-refractivity contribution is 5.81. The average molecular weight is 275 g/mol. The van der Waals surface area contributed by atoms with Gasteiger partial charge in [-0.15, -0.1) is 6.42 Å². The number of H-pyrrole nitrogens is 1. The van der Waals surface area contributed by atoms with E-state index >= 15 is 0 Å². The second-order valence-electron chi connectivity index (χ2n) is 4.53. The van der Waals surface area contributed by atoms with Gasteiger partial charge >= 0.3 is 0 Å². The van der Waals surface area contributed by atoms with Gasteiger partial charge in [0.15, 0.2) is 0 Å². The molecule has 0 spiro atoms. The fraction of sp³-hybridized carbons (Fsp3) is 0.0588. The second-order valence-corrected chi connectivity index (χ2v) is 4.53. The monoisotopic (exact) mass is 275 g/mol. The van der Waals surface area contributed by atoms with Crippen LogP contribution in [0, 0.1) is 12.3 Å². The molecule has 0 atom stereocenters. The number of fused-ring (bicyclic) bond motifs is 1. The topological polar surface area (TPSA) is 57.8 Å². The third-order valence-corrected chi connectivity index (χ3v) is 3.16. The Morgan fingerprint density at radius 2 is 1.90 bits per heavy atom. The molecule has 0 saturated carbocycles. The molecule has 0 aliphatic carbocycles. The number of rotatable bonds is 3. The summed E-state index contributed by atoms with van der Waals surface area (Å²) in [5.41, 5.74) is 3.17. The van der Waals surface area contributed by atoms with Crippen molar-refractivity contribution in [2.75, 3.05) is 11.9 Å². The maximum atomic E-state index is 12.3. The summed E-state index contributed by atoms with van der Waals surface area (Å²) in [6.07, 6.45) is 5.27. The van der Waals surface area contributed by atoms with Crippen molar-refractivity contribution in [1.29, 1.82) is 0 Å². The van der Waals surface area contributed by atoms with Crippen LogP contribution in [0.1, 0.15) is 0 Å². The zero-order valence-corrected chi connectivity index (χ0v) is 11.3. The normalized spacial score (nSPS) is 10.2. The summed E-state index contributed by atoms with van der Waals surface area (Å²) in [7, 11) is 0. The van der Waals surface area contributed by atoms with Crippen molar-refractivity contribution in [3.63, 3.8) is 0 Å². The van der Waals surface area contributed by atoms with E-state index in [1.165, 1.54) is 0 Å². The SMILES string of the molecule is C#CCNc1ccccc1-c1nc2ccccc2[nH]c1=O. The number of para-hydroxylation sites is 3. The summed E-state index contributed by atoms with van der Waals surface area (Å²) in [6, 6.07) is 14.9. The lowest BCUT2D eigenvalue weighted by atomic mass is 10.1. The molecule has 3 rings (SSSR count). The summed E-state index contributed by atoms with van der Waals surface area (Å²) in [5.74, 6) is 2.52. The van der Waals surface area contributed by atoms with Crippen molar-refractivity contribution >= 4 is 16.7 Å². The lowest BCUT2D eigenvalue weighted by Gasteiger charge is -2.09. The number of anilines is 1. The highest BCUT2D eigenvalue weighted by Crippen LogP contribution is 2.24. The average Bonchev–Trinajstić information content (AvgIpc) is 2.52. The summed E-state index contributed by atoms with van der Waals surface area (Å²) in [4.78, 5) is 19.6. The molecule has 4 nitrogen and oxygen atoms in total. The Morgan fingerprint density at radius 3 is 2.76 bits per heavy atom. The highest BCUT2D eigenvalue weighted by atomic mass is 16.1. The molecule has 4 heteroatoms. The van der Waals surface area contributed by atoms with Crippen LogP contribution in [0.5, 0.6) is 0 Å². The van der Waals surface area contributed by atoms with Gasteiger partial charge in [0, 0.05) is 11.3 Å². The minimum absolute atomic E-state index is 0.219. The molecular weight excluding hydrogens is 262 g/mol. The molecule has 21 heavy (non-hydrogen) atoms. The maximum Gasteiger partial charge on any atom is 0.275 e. The largest absolute Gasteiger partial charge is 0.374 e. The lowest BCUT2D eigenvalue weighted by Crippen LogP contribution is -2.12. The van der Waals surface area contributed by atoms with E-state index in [0.29, 0.717) is 12.2 Å². The first-order chi connectivity index (χ1) is 10.3. The van der Waals surface area contributed by atoms with E-state index in [9.17, 15) is 4.79 Å². The van der Waals surface area contributed by atoms with Crippen LogP contribution < -0.4 is 10.9 Å².